The monoisotopic (exact) mass is 224 g/mol. The van der Waals surface area contributed by atoms with Crippen molar-refractivity contribution < 1.29 is 4.79 Å². The van der Waals surface area contributed by atoms with Crippen LogP contribution in [0.1, 0.15) is 33.1 Å². The van der Waals surface area contributed by atoms with E-state index in [0.717, 1.165) is 32.5 Å². The minimum atomic E-state index is 0.188. The van der Waals surface area contributed by atoms with Gasteiger partial charge in [0.15, 0.2) is 0 Å². The van der Waals surface area contributed by atoms with Crippen LogP contribution < -0.4 is 0 Å². The Balaban J connectivity index is 2.54. The molecule has 1 atom stereocenters. The maximum atomic E-state index is 12.2. The van der Waals surface area contributed by atoms with E-state index in [9.17, 15) is 4.79 Å². The third-order valence-corrected chi connectivity index (χ3v) is 3.04. The highest BCUT2D eigenvalue weighted by molar-refractivity contribution is 5.74. The molecule has 1 fully saturated rings. The molecule has 16 heavy (non-hydrogen) atoms. The Morgan fingerprint density at radius 3 is 2.94 bits per heavy atom. The molecule has 2 amide bonds. The Hall–Kier alpha value is -0.990. The summed E-state index contributed by atoms with van der Waals surface area (Å²) in [4.78, 5) is 16.1. The molecule has 1 rings (SSSR count). The molecule has 0 N–H and O–H groups in total. The van der Waals surface area contributed by atoms with Crippen molar-refractivity contribution in [2.24, 2.45) is 5.92 Å². The number of amides is 2. The van der Waals surface area contributed by atoms with Gasteiger partial charge in [0.1, 0.15) is 0 Å². The van der Waals surface area contributed by atoms with Gasteiger partial charge in [0, 0.05) is 26.2 Å². The molecule has 1 aliphatic heterocycles. The van der Waals surface area contributed by atoms with E-state index >= 15 is 0 Å². The first-order valence-corrected chi connectivity index (χ1v) is 6.33. The average Bonchev–Trinajstić information content (AvgIpc) is 2.28. The number of rotatable bonds is 4. The molecule has 1 aliphatic rings. The van der Waals surface area contributed by atoms with Gasteiger partial charge in [-0.15, -0.1) is 6.58 Å². The molecule has 1 heterocycles. The maximum absolute atomic E-state index is 12.2. The molecule has 0 saturated carbocycles. The zero-order valence-corrected chi connectivity index (χ0v) is 10.6. The zero-order valence-electron chi connectivity index (χ0n) is 10.6. The minimum absolute atomic E-state index is 0.188. The minimum Gasteiger partial charge on any atom is -0.324 e. The third-order valence-electron chi connectivity index (χ3n) is 3.04. The molecule has 1 saturated heterocycles. The Bertz CT molecular complexity index is 240. The van der Waals surface area contributed by atoms with Crippen molar-refractivity contribution >= 4 is 6.03 Å². The van der Waals surface area contributed by atoms with E-state index in [1.165, 1.54) is 6.42 Å². The third kappa shape index (κ3) is 3.54. The molecule has 0 bridgehead atoms. The van der Waals surface area contributed by atoms with Crippen LogP contribution in [0.15, 0.2) is 12.7 Å². The predicted molar refractivity (Wildman–Crippen MR) is 67.4 cm³/mol. The van der Waals surface area contributed by atoms with Crippen molar-refractivity contribution in [2.45, 2.75) is 33.1 Å². The van der Waals surface area contributed by atoms with E-state index < -0.39 is 0 Å². The number of nitrogens with zero attached hydrogens (tertiary/aromatic N) is 2. The van der Waals surface area contributed by atoms with Crippen LogP contribution in [0.4, 0.5) is 4.79 Å². The summed E-state index contributed by atoms with van der Waals surface area (Å²) < 4.78 is 0. The normalized spacial score (nSPS) is 20.6. The van der Waals surface area contributed by atoms with Gasteiger partial charge in [0.25, 0.3) is 0 Å². The van der Waals surface area contributed by atoms with Gasteiger partial charge < -0.3 is 9.80 Å². The number of carbonyl (C=O) groups is 1. The van der Waals surface area contributed by atoms with Crippen LogP contribution in [0.25, 0.3) is 0 Å². The topological polar surface area (TPSA) is 23.6 Å². The Kier molecular flexibility index (Phi) is 5.36. The summed E-state index contributed by atoms with van der Waals surface area (Å²) in [6.07, 6.45) is 5.20. The highest BCUT2D eigenvalue weighted by Gasteiger charge is 2.24. The van der Waals surface area contributed by atoms with Crippen molar-refractivity contribution in [3.63, 3.8) is 0 Å². The van der Waals surface area contributed by atoms with Crippen molar-refractivity contribution in [1.82, 2.24) is 9.80 Å². The summed E-state index contributed by atoms with van der Waals surface area (Å²) in [6.45, 7) is 11.4. The van der Waals surface area contributed by atoms with E-state index in [-0.39, 0.29) is 6.03 Å². The van der Waals surface area contributed by atoms with Crippen molar-refractivity contribution in [3.8, 4) is 0 Å². The Morgan fingerprint density at radius 2 is 2.38 bits per heavy atom. The smallest absolute Gasteiger partial charge is 0.320 e. The lowest BCUT2D eigenvalue weighted by Gasteiger charge is -2.35. The lowest BCUT2D eigenvalue weighted by molar-refractivity contribution is 0.135. The molecule has 0 aliphatic carbocycles. The summed E-state index contributed by atoms with van der Waals surface area (Å²) >= 11 is 0. The first-order valence-electron chi connectivity index (χ1n) is 6.33. The maximum Gasteiger partial charge on any atom is 0.320 e. The fourth-order valence-electron chi connectivity index (χ4n) is 2.25. The highest BCUT2D eigenvalue weighted by Crippen LogP contribution is 2.16. The molecule has 0 spiro atoms. The second-order valence-corrected chi connectivity index (χ2v) is 4.71. The van der Waals surface area contributed by atoms with Crippen LogP contribution in [0, 0.1) is 5.92 Å². The summed E-state index contributed by atoms with van der Waals surface area (Å²) in [5.41, 5.74) is 0. The van der Waals surface area contributed by atoms with Crippen LogP contribution in [-0.4, -0.2) is 42.0 Å². The van der Waals surface area contributed by atoms with Gasteiger partial charge in [-0.25, -0.2) is 4.79 Å². The summed E-state index contributed by atoms with van der Waals surface area (Å²) in [5, 5.41) is 0. The number of urea groups is 1. The molecule has 0 radical (unpaired) electrons. The highest BCUT2D eigenvalue weighted by atomic mass is 16.2. The first-order chi connectivity index (χ1) is 7.69. The summed E-state index contributed by atoms with van der Waals surface area (Å²) in [6, 6.07) is 0.188. The van der Waals surface area contributed by atoms with Crippen LogP contribution in [0.5, 0.6) is 0 Å². The fourth-order valence-corrected chi connectivity index (χ4v) is 2.25. The first kappa shape index (κ1) is 13.1. The van der Waals surface area contributed by atoms with Gasteiger partial charge in [-0.3, -0.25) is 0 Å². The van der Waals surface area contributed by atoms with Crippen LogP contribution >= 0.6 is 0 Å². The lowest BCUT2D eigenvalue weighted by Crippen LogP contribution is -2.47. The van der Waals surface area contributed by atoms with Gasteiger partial charge in [0.2, 0.25) is 0 Å². The molecule has 92 valence electrons. The van der Waals surface area contributed by atoms with E-state index in [4.69, 9.17) is 0 Å². The number of piperidine rings is 1. The second kappa shape index (κ2) is 6.56. The zero-order chi connectivity index (χ0) is 12.0. The van der Waals surface area contributed by atoms with Gasteiger partial charge >= 0.3 is 6.03 Å². The lowest BCUT2D eigenvalue weighted by atomic mass is 10.0. The van der Waals surface area contributed by atoms with E-state index in [0.29, 0.717) is 12.5 Å². The molecule has 0 aromatic rings. The average molecular weight is 224 g/mol. The summed E-state index contributed by atoms with van der Waals surface area (Å²) in [7, 11) is 0. The second-order valence-electron chi connectivity index (χ2n) is 4.71. The van der Waals surface area contributed by atoms with Crippen LogP contribution in [0.2, 0.25) is 0 Å². The summed E-state index contributed by atoms with van der Waals surface area (Å²) in [5.74, 6) is 0.643. The van der Waals surface area contributed by atoms with Crippen molar-refractivity contribution in [1.29, 1.82) is 0 Å². The molecule has 0 aromatic carbocycles. The van der Waals surface area contributed by atoms with Crippen molar-refractivity contribution in [2.75, 3.05) is 26.2 Å². The van der Waals surface area contributed by atoms with Gasteiger partial charge in [-0.1, -0.05) is 19.9 Å². The fraction of sp³-hybridized carbons (Fsp3) is 0.769. The standard InChI is InChI=1S/C13H24N2O/c1-4-8-14(9-5-2)13(16)15-10-6-7-12(3)11-15/h4,12H,1,5-11H2,2-3H3. The van der Waals surface area contributed by atoms with Crippen LogP contribution in [0.3, 0.4) is 0 Å². The SMILES string of the molecule is C=CCN(CCC)C(=O)N1CCCC(C)C1. The van der Waals surface area contributed by atoms with Gasteiger partial charge in [0.05, 0.1) is 0 Å². The van der Waals surface area contributed by atoms with Gasteiger partial charge in [-0.05, 0) is 25.2 Å². The number of carbonyl (C=O) groups excluding carboxylic acids is 1. The van der Waals surface area contributed by atoms with Crippen molar-refractivity contribution in [3.05, 3.63) is 12.7 Å². The van der Waals surface area contributed by atoms with Crippen LogP contribution in [-0.2, 0) is 0 Å². The van der Waals surface area contributed by atoms with E-state index in [1.807, 2.05) is 9.80 Å². The largest absolute Gasteiger partial charge is 0.324 e. The molecular formula is C13H24N2O. The Morgan fingerprint density at radius 1 is 1.62 bits per heavy atom. The number of hydrogen-bond donors (Lipinski definition) is 0. The molecule has 1 unspecified atom stereocenters. The number of hydrogen-bond acceptors (Lipinski definition) is 1. The quantitative estimate of drug-likeness (QED) is 0.674. The van der Waals surface area contributed by atoms with E-state index in [1.54, 1.807) is 6.08 Å². The Labute approximate surface area is 99.1 Å². The van der Waals surface area contributed by atoms with E-state index in [2.05, 4.69) is 20.4 Å². The molecule has 3 nitrogen and oxygen atoms in total. The number of likely N-dealkylation sites (tertiary alicyclic amines) is 1. The molecular weight excluding hydrogens is 200 g/mol. The predicted octanol–water partition coefficient (Wildman–Crippen LogP) is 2.74. The molecule has 0 aromatic heterocycles. The molecule has 3 heteroatoms. The van der Waals surface area contributed by atoms with Gasteiger partial charge in [-0.2, -0.15) is 0 Å².